The normalized spacial score (nSPS) is 10.5. The summed E-state index contributed by atoms with van der Waals surface area (Å²) in [5.41, 5.74) is 4.07. The second-order valence-corrected chi connectivity index (χ2v) is 6.13. The fourth-order valence-corrected chi connectivity index (χ4v) is 2.50. The number of aryl methyl sites for hydroxylation is 2. The number of nitrogens with one attached hydrogen (secondary N) is 2. The van der Waals surface area contributed by atoms with Gasteiger partial charge in [0.15, 0.2) is 0 Å². The lowest BCUT2D eigenvalue weighted by Gasteiger charge is -2.05. The number of halogens is 1. The predicted octanol–water partition coefficient (Wildman–Crippen LogP) is 4.57. The van der Waals surface area contributed by atoms with Crippen molar-refractivity contribution in [2.75, 3.05) is 10.6 Å². The van der Waals surface area contributed by atoms with Crippen LogP contribution in [0.4, 0.5) is 16.5 Å². The molecule has 25 heavy (non-hydrogen) atoms. The van der Waals surface area contributed by atoms with Crippen LogP contribution < -0.4 is 10.6 Å². The van der Waals surface area contributed by atoms with Gasteiger partial charge in [-0.1, -0.05) is 40.5 Å². The van der Waals surface area contributed by atoms with E-state index in [1.54, 1.807) is 24.3 Å². The number of anilines is 2. The van der Waals surface area contributed by atoms with Crippen LogP contribution >= 0.6 is 11.6 Å². The Balaban J connectivity index is 1.61. The van der Waals surface area contributed by atoms with E-state index in [1.165, 1.54) is 5.56 Å². The lowest BCUT2D eigenvalue weighted by Crippen LogP contribution is -2.19. The Morgan fingerprint density at radius 3 is 2.56 bits per heavy atom. The summed E-state index contributed by atoms with van der Waals surface area (Å²) < 4.78 is 5.49. The summed E-state index contributed by atoms with van der Waals surface area (Å²) in [6.45, 7) is 4.09. The zero-order chi connectivity index (χ0) is 17.8. The van der Waals surface area contributed by atoms with Crippen molar-refractivity contribution in [2.45, 2.75) is 20.3 Å². The van der Waals surface area contributed by atoms with Crippen molar-refractivity contribution in [3.05, 3.63) is 70.1 Å². The molecule has 1 aromatic heterocycles. The number of rotatable bonds is 4. The van der Waals surface area contributed by atoms with E-state index in [9.17, 15) is 4.79 Å². The smallest absolute Gasteiger partial charge is 0.327 e. The second-order valence-electron chi connectivity index (χ2n) is 5.69. The van der Waals surface area contributed by atoms with Gasteiger partial charge in [-0.15, -0.1) is 5.10 Å². The van der Waals surface area contributed by atoms with Crippen molar-refractivity contribution in [3.63, 3.8) is 0 Å². The molecule has 0 fully saturated rings. The third kappa shape index (κ3) is 4.58. The Bertz CT molecular complexity index is 890. The number of carbonyl (C=O) groups is 1. The highest BCUT2D eigenvalue weighted by molar-refractivity contribution is 6.30. The molecule has 2 amide bonds. The molecule has 0 aliphatic rings. The van der Waals surface area contributed by atoms with Crippen LogP contribution in [0.25, 0.3) is 0 Å². The summed E-state index contributed by atoms with van der Waals surface area (Å²) in [6, 6.07) is 12.5. The van der Waals surface area contributed by atoms with Crippen molar-refractivity contribution < 1.29 is 9.21 Å². The van der Waals surface area contributed by atoms with Crippen molar-refractivity contribution in [3.8, 4) is 0 Å². The lowest BCUT2D eigenvalue weighted by molar-refractivity contribution is 0.261. The van der Waals surface area contributed by atoms with Gasteiger partial charge in [0.25, 0.3) is 0 Å². The zero-order valence-electron chi connectivity index (χ0n) is 13.8. The van der Waals surface area contributed by atoms with Crippen LogP contribution in [-0.4, -0.2) is 16.2 Å². The van der Waals surface area contributed by atoms with Crippen LogP contribution in [0.1, 0.15) is 22.6 Å². The van der Waals surface area contributed by atoms with Gasteiger partial charge in [0, 0.05) is 10.7 Å². The fraction of sp³-hybridized carbons (Fsp3) is 0.167. The zero-order valence-corrected chi connectivity index (χ0v) is 14.6. The van der Waals surface area contributed by atoms with Gasteiger partial charge >= 0.3 is 12.0 Å². The first kappa shape index (κ1) is 17.0. The number of carbonyl (C=O) groups excluding carboxylic acids is 1. The molecule has 7 heteroatoms. The molecular weight excluding hydrogens is 340 g/mol. The van der Waals surface area contributed by atoms with Gasteiger partial charge in [0.1, 0.15) is 0 Å². The second kappa shape index (κ2) is 7.36. The summed E-state index contributed by atoms with van der Waals surface area (Å²) in [6.07, 6.45) is 0.513. The Labute approximate surface area is 150 Å². The van der Waals surface area contributed by atoms with Gasteiger partial charge in [0.2, 0.25) is 5.89 Å². The van der Waals surface area contributed by atoms with Gasteiger partial charge in [0.05, 0.1) is 6.42 Å². The number of aromatic nitrogens is 2. The maximum Gasteiger partial charge on any atom is 0.327 e. The molecule has 0 radical (unpaired) electrons. The monoisotopic (exact) mass is 356 g/mol. The Kier molecular flexibility index (Phi) is 5.00. The molecule has 0 unspecified atom stereocenters. The van der Waals surface area contributed by atoms with Gasteiger partial charge in [-0.25, -0.2) is 4.79 Å². The summed E-state index contributed by atoms with van der Waals surface area (Å²) in [7, 11) is 0. The average molecular weight is 357 g/mol. The molecule has 0 aliphatic carbocycles. The number of hydrogen-bond donors (Lipinski definition) is 2. The predicted molar refractivity (Wildman–Crippen MR) is 97.1 cm³/mol. The average Bonchev–Trinajstić information content (AvgIpc) is 2.99. The van der Waals surface area contributed by atoms with E-state index in [2.05, 4.69) is 26.9 Å². The number of hydrogen-bond acceptors (Lipinski definition) is 4. The van der Waals surface area contributed by atoms with Crippen molar-refractivity contribution in [1.29, 1.82) is 0 Å². The summed E-state index contributed by atoms with van der Waals surface area (Å²) in [4.78, 5) is 11.9. The topological polar surface area (TPSA) is 80.0 Å². The first-order valence-electron chi connectivity index (χ1n) is 7.72. The van der Waals surface area contributed by atoms with Crippen LogP contribution in [0, 0.1) is 13.8 Å². The van der Waals surface area contributed by atoms with Gasteiger partial charge in [-0.05, 0) is 49.2 Å². The quantitative estimate of drug-likeness (QED) is 0.717. The summed E-state index contributed by atoms with van der Waals surface area (Å²) >= 11 is 5.81. The lowest BCUT2D eigenvalue weighted by atomic mass is 10.0. The van der Waals surface area contributed by atoms with E-state index in [0.717, 1.165) is 11.1 Å². The molecule has 3 rings (SSSR count). The highest BCUT2D eigenvalue weighted by Gasteiger charge is 2.11. The molecule has 0 atom stereocenters. The van der Waals surface area contributed by atoms with Crippen LogP contribution in [0.3, 0.4) is 0 Å². The van der Waals surface area contributed by atoms with Crippen molar-refractivity contribution >= 4 is 29.3 Å². The molecule has 128 valence electrons. The molecule has 2 aromatic carbocycles. The van der Waals surface area contributed by atoms with E-state index in [4.69, 9.17) is 16.0 Å². The Hall–Kier alpha value is -2.86. The number of benzene rings is 2. The van der Waals surface area contributed by atoms with Crippen LogP contribution in [0.5, 0.6) is 0 Å². The molecule has 0 aliphatic heterocycles. The number of amides is 2. The Morgan fingerprint density at radius 2 is 1.84 bits per heavy atom. The molecule has 6 nitrogen and oxygen atoms in total. The summed E-state index contributed by atoms with van der Waals surface area (Å²) in [5, 5.41) is 13.6. The maximum absolute atomic E-state index is 11.9. The van der Waals surface area contributed by atoms with E-state index < -0.39 is 6.03 Å². The minimum atomic E-state index is -0.468. The molecule has 0 saturated carbocycles. The molecular formula is C18H17ClN4O2. The van der Waals surface area contributed by atoms with Crippen LogP contribution in [-0.2, 0) is 6.42 Å². The maximum atomic E-state index is 11.9. The molecule has 0 bridgehead atoms. The standard InChI is InChI=1S/C18H17ClN4O2/c1-11-3-4-13(12(2)9-11)10-16-22-23-18(25-16)21-17(24)20-15-7-5-14(19)6-8-15/h3-9H,10H2,1-2H3,(H2,20,21,23,24). The van der Waals surface area contributed by atoms with E-state index in [1.807, 2.05) is 26.0 Å². The van der Waals surface area contributed by atoms with E-state index >= 15 is 0 Å². The van der Waals surface area contributed by atoms with Crippen LogP contribution in [0.2, 0.25) is 5.02 Å². The highest BCUT2D eigenvalue weighted by atomic mass is 35.5. The molecule has 2 N–H and O–H groups in total. The first-order valence-corrected chi connectivity index (χ1v) is 8.09. The first-order chi connectivity index (χ1) is 12.0. The minimum Gasteiger partial charge on any atom is -0.407 e. The van der Waals surface area contributed by atoms with Crippen molar-refractivity contribution in [2.24, 2.45) is 0 Å². The molecule has 1 heterocycles. The van der Waals surface area contributed by atoms with E-state index in [-0.39, 0.29) is 6.01 Å². The molecule has 0 saturated heterocycles. The van der Waals surface area contributed by atoms with Gasteiger partial charge in [-0.2, -0.15) is 0 Å². The largest absolute Gasteiger partial charge is 0.407 e. The molecule has 0 spiro atoms. The highest BCUT2D eigenvalue weighted by Crippen LogP contribution is 2.17. The number of nitrogens with zero attached hydrogens (tertiary/aromatic N) is 2. The summed E-state index contributed by atoms with van der Waals surface area (Å²) in [5.74, 6) is 0.439. The third-order valence-corrected chi connectivity index (χ3v) is 3.88. The fourth-order valence-electron chi connectivity index (χ4n) is 2.38. The SMILES string of the molecule is Cc1ccc(Cc2nnc(NC(=O)Nc3ccc(Cl)cc3)o2)c(C)c1. The van der Waals surface area contributed by atoms with Crippen molar-refractivity contribution in [1.82, 2.24) is 10.2 Å². The third-order valence-electron chi connectivity index (χ3n) is 3.63. The van der Waals surface area contributed by atoms with Gasteiger partial charge in [-0.3, -0.25) is 5.32 Å². The van der Waals surface area contributed by atoms with Gasteiger partial charge < -0.3 is 9.73 Å². The minimum absolute atomic E-state index is 0.0474. The molecule has 3 aromatic rings. The van der Waals surface area contributed by atoms with E-state index in [0.29, 0.717) is 23.0 Å². The Morgan fingerprint density at radius 1 is 1.08 bits per heavy atom. The van der Waals surface area contributed by atoms with Crippen LogP contribution in [0.15, 0.2) is 46.9 Å². The number of urea groups is 1.